The number of carbonyl (C=O) groups is 1. The number of carbonyl (C=O) groups excluding carboxylic acids is 1. The van der Waals surface area contributed by atoms with Crippen molar-refractivity contribution < 1.29 is 18.0 Å². The molecule has 0 spiro atoms. The van der Waals surface area contributed by atoms with Gasteiger partial charge in [0.2, 0.25) is 0 Å². The molecular formula is C8H11F3N4O. The first-order chi connectivity index (χ1) is 7.40. The molecule has 0 aliphatic rings. The Morgan fingerprint density at radius 3 is 2.75 bits per heavy atom. The molecule has 90 valence electrons. The van der Waals surface area contributed by atoms with E-state index in [9.17, 15) is 18.0 Å². The molecule has 0 radical (unpaired) electrons. The molecule has 1 rings (SSSR count). The molecule has 5 nitrogen and oxygen atoms in total. The van der Waals surface area contributed by atoms with Crippen LogP contribution in [0.3, 0.4) is 0 Å². The fourth-order valence-corrected chi connectivity index (χ4v) is 0.957. The van der Waals surface area contributed by atoms with Crippen LogP contribution in [0.25, 0.3) is 0 Å². The standard InChI is InChI=1S/C8H11F3N4O/c1-2-15-4-6(3-13-15)14-7(16)12-5-8(9,10)11/h3-4H,2,5H2,1H3,(H2,12,14,16). The summed E-state index contributed by atoms with van der Waals surface area (Å²) in [5, 5.41) is 7.77. The molecule has 0 bridgehead atoms. The molecule has 1 aromatic rings. The maximum absolute atomic E-state index is 11.8. The van der Waals surface area contributed by atoms with Gasteiger partial charge < -0.3 is 10.6 Å². The molecule has 1 heterocycles. The normalized spacial score (nSPS) is 11.2. The number of hydrogen-bond acceptors (Lipinski definition) is 2. The highest BCUT2D eigenvalue weighted by Crippen LogP contribution is 2.12. The number of rotatable bonds is 3. The minimum absolute atomic E-state index is 0.349. The van der Waals surface area contributed by atoms with E-state index in [-0.39, 0.29) is 0 Å². The molecule has 2 amide bonds. The van der Waals surface area contributed by atoms with Crippen molar-refractivity contribution in [2.75, 3.05) is 11.9 Å². The van der Waals surface area contributed by atoms with Crippen LogP contribution in [-0.4, -0.2) is 28.5 Å². The lowest BCUT2D eigenvalue weighted by Gasteiger charge is -2.08. The van der Waals surface area contributed by atoms with Crippen molar-refractivity contribution >= 4 is 11.7 Å². The Hall–Kier alpha value is -1.73. The highest BCUT2D eigenvalue weighted by molar-refractivity contribution is 5.88. The number of hydrogen-bond donors (Lipinski definition) is 2. The van der Waals surface area contributed by atoms with Gasteiger partial charge in [-0.1, -0.05) is 0 Å². The van der Waals surface area contributed by atoms with Crippen LogP contribution in [0.1, 0.15) is 6.92 Å². The van der Waals surface area contributed by atoms with Gasteiger partial charge in [0.25, 0.3) is 0 Å². The largest absolute Gasteiger partial charge is 0.405 e. The van der Waals surface area contributed by atoms with Gasteiger partial charge in [-0.05, 0) is 6.92 Å². The lowest BCUT2D eigenvalue weighted by molar-refractivity contribution is -0.122. The minimum atomic E-state index is -4.41. The van der Waals surface area contributed by atoms with Gasteiger partial charge in [-0.25, -0.2) is 4.79 Å². The van der Waals surface area contributed by atoms with Crippen LogP contribution in [0.15, 0.2) is 12.4 Å². The van der Waals surface area contributed by atoms with E-state index in [2.05, 4.69) is 10.4 Å². The molecule has 0 aromatic carbocycles. The third kappa shape index (κ3) is 4.20. The van der Waals surface area contributed by atoms with E-state index in [0.29, 0.717) is 12.2 Å². The van der Waals surface area contributed by atoms with Crippen molar-refractivity contribution in [1.82, 2.24) is 15.1 Å². The summed E-state index contributed by atoms with van der Waals surface area (Å²) >= 11 is 0. The highest BCUT2D eigenvalue weighted by Gasteiger charge is 2.27. The van der Waals surface area contributed by atoms with E-state index in [1.165, 1.54) is 12.4 Å². The third-order valence-electron chi connectivity index (χ3n) is 1.66. The fourth-order valence-electron chi connectivity index (χ4n) is 0.957. The molecule has 0 aliphatic carbocycles. The van der Waals surface area contributed by atoms with Gasteiger partial charge in [-0.2, -0.15) is 18.3 Å². The van der Waals surface area contributed by atoms with E-state index in [1.807, 2.05) is 6.92 Å². The number of urea groups is 1. The van der Waals surface area contributed by atoms with Crippen LogP contribution in [0.2, 0.25) is 0 Å². The SMILES string of the molecule is CCn1cc(NC(=O)NCC(F)(F)F)cn1. The van der Waals surface area contributed by atoms with E-state index in [1.54, 1.807) is 10.00 Å². The second-order valence-corrected chi connectivity index (χ2v) is 3.01. The van der Waals surface area contributed by atoms with E-state index >= 15 is 0 Å². The zero-order valence-electron chi connectivity index (χ0n) is 8.51. The number of nitrogens with one attached hydrogen (secondary N) is 2. The Bertz CT molecular complexity index is 360. The molecule has 2 N–H and O–H groups in total. The third-order valence-corrected chi connectivity index (χ3v) is 1.66. The van der Waals surface area contributed by atoms with Gasteiger partial charge in [0.1, 0.15) is 6.54 Å². The maximum atomic E-state index is 11.8. The molecule has 0 saturated heterocycles. The van der Waals surface area contributed by atoms with E-state index in [4.69, 9.17) is 0 Å². The van der Waals surface area contributed by atoms with Crippen LogP contribution < -0.4 is 10.6 Å². The zero-order valence-corrected chi connectivity index (χ0v) is 8.51. The van der Waals surface area contributed by atoms with Gasteiger partial charge in [0.05, 0.1) is 11.9 Å². The number of nitrogens with zero attached hydrogens (tertiary/aromatic N) is 2. The lowest BCUT2D eigenvalue weighted by atomic mass is 10.5. The minimum Gasteiger partial charge on any atom is -0.329 e. The molecule has 1 aromatic heterocycles. The summed E-state index contributed by atoms with van der Waals surface area (Å²) in [7, 11) is 0. The monoisotopic (exact) mass is 236 g/mol. The average molecular weight is 236 g/mol. The average Bonchev–Trinajstić information content (AvgIpc) is 2.61. The number of anilines is 1. The summed E-state index contributed by atoms with van der Waals surface area (Å²) < 4.78 is 36.8. The molecule has 0 aliphatic heterocycles. The maximum Gasteiger partial charge on any atom is 0.405 e. The molecular weight excluding hydrogens is 225 g/mol. The Balaban J connectivity index is 2.40. The Morgan fingerprint density at radius 2 is 2.25 bits per heavy atom. The topological polar surface area (TPSA) is 59.0 Å². The smallest absolute Gasteiger partial charge is 0.329 e. The second kappa shape index (κ2) is 4.86. The summed E-state index contributed by atoms with van der Waals surface area (Å²) in [5.41, 5.74) is 0.349. The van der Waals surface area contributed by atoms with E-state index in [0.717, 1.165) is 0 Å². The van der Waals surface area contributed by atoms with Crippen molar-refractivity contribution in [2.24, 2.45) is 0 Å². The first kappa shape index (κ1) is 12.3. The number of halogens is 3. The molecule has 0 saturated carbocycles. The van der Waals surface area contributed by atoms with Crippen molar-refractivity contribution in [2.45, 2.75) is 19.6 Å². The van der Waals surface area contributed by atoms with Crippen molar-refractivity contribution in [1.29, 1.82) is 0 Å². The first-order valence-electron chi connectivity index (χ1n) is 4.55. The van der Waals surface area contributed by atoms with Crippen molar-refractivity contribution in [3.63, 3.8) is 0 Å². The van der Waals surface area contributed by atoms with Crippen LogP contribution in [0, 0.1) is 0 Å². The van der Waals surface area contributed by atoms with Crippen LogP contribution in [0.5, 0.6) is 0 Å². The fraction of sp³-hybridized carbons (Fsp3) is 0.500. The molecule has 0 unspecified atom stereocenters. The predicted octanol–water partition coefficient (Wildman–Crippen LogP) is 1.59. The van der Waals surface area contributed by atoms with Crippen LogP contribution in [-0.2, 0) is 6.54 Å². The Labute approximate surface area is 89.6 Å². The van der Waals surface area contributed by atoms with Gasteiger partial charge in [-0.15, -0.1) is 0 Å². The van der Waals surface area contributed by atoms with Crippen LogP contribution in [0.4, 0.5) is 23.7 Å². The molecule has 0 fully saturated rings. The molecule has 16 heavy (non-hydrogen) atoms. The zero-order chi connectivity index (χ0) is 12.2. The van der Waals surface area contributed by atoms with Crippen LogP contribution >= 0.6 is 0 Å². The summed E-state index contributed by atoms with van der Waals surface area (Å²) in [6.07, 6.45) is -1.53. The number of aromatic nitrogens is 2. The lowest BCUT2D eigenvalue weighted by Crippen LogP contribution is -2.36. The molecule has 8 heteroatoms. The van der Waals surface area contributed by atoms with Gasteiger partial charge >= 0.3 is 12.2 Å². The summed E-state index contributed by atoms with van der Waals surface area (Å²) in [6.45, 7) is 1.10. The number of amides is 2. The van der Waals surface area contributed by atoms with Gasteiger partial charge in [-0.3, -0.25) is 4.68 Å². The van der Waals surface area contributed by atoms with E-state index < -0.39 is 18.8 Å². The number of aryl methyl sites for hydroxylation is 1. The van der Waals surface area contributed by atoms with Gasteiger partial charge in [0.15, 0.2) is 0 Å². The number of alkyl halides is 3. The predicted molar refractivity (Wildman–Crippen MR) is 51.0 cm³/mol. The summed E-state index contributed by atoms with van der Waals surface area (Å²) in [5.74, 6) is 0. The quantitative estimate of drug-likeness (QED) is 0.837. The van der Waals surface area contributed by atoms with Crippen molar-refractivity contribution in [3.8, 4) is 0 Å². The molecule has 0 atom stereocenters. The Kier molecular flexibility index (Phi) is 3.75. The summed E-state index contributed by atoms with van der Waals surface area (Å²) in [6, 6.07) is -0.909. The van der Waals surface area contributed by atoms with Crippen molar-refractivity contribution in [3.05, 3.63) is 12.4 Å². The summed E-state index contributed by atoms with van der Waals surface area (Å²) in [4.78, 5) is 11.0. The highest BCUT2D eigenvalue weighted by atomic mass is 19.4. The van der Waals surface area contributed by atoms with Gasteiger partial charge in [0, 0.05) is 12.7 Å². The Morgan fingerprint density at radius 1 is 1.56 bits per heavy atom. The second-order valence-electron chi connectivity index (χ2n) is 3.01. The first-order valence-corrected chi connectivity index (χ1v) is 4.55.